The number of halogens is 2. The van der Waals surface area contributed by atoms with Crippen LogP contribution in [0.5, 0.6) is 0 Å². The number of nitrogens with one attached hydrogen (secondary N) is 1. The molecule has 0 saturated heterocycles. The molecule has 142 valence electrons. The molecule has 0 aliphatic carbocycles. The van der Waals surface area contributed by atoms with Gasteiger partial charge in [-0.1, -0.05) is 5.21 Å². The van der Waals surface area contributed by atoms with Gasteiger partial charge in [-0.15, -0.1) is 5.10 Å². The lowest BCUT2D eigenvalue weighted by Crippen LogP contribution is -2.41. The average molecular weight is 375 g/mol. The number of hydrogen-bond acceptors (Lipinski definition) is 5. The maximum atomic E-state index is 13.3. The molecule has 0 radical (unpaired) electrons. The summed E-state index contributed by atoms with van der Waals surface area (Å²) in [6.07, 6.45) is 1.76. The summed E-state index contributed by atoms with van der Waals surface area (Å²) in [7, 11) is 1.73. The first-order valence-corrected chi connectivity index (χ1v) is 8.28. The van der Waals surface area contributed by atoms with Gasteiger partial charge in [-0.05, 0) is 37.1 Å². The molecule has 0 spiro atoms. The van der Waals surface area contributed by atoms with Crippen LogP contribution in [0, 0.1) is 18.6 Å². The minimum Gasteiger partial charge on any atom is -0.455 e. The predicted octanol–water partition coefficient (Wildman–Crippen LogP) is 1.96. The number of nitrogens with two attached hydrogens (primary N) is 1. The van der Waals surface area contributed by atoms with Crippen molar-refractivity contribution in [3.8, 4) is 11.3 Å². The molecular formula is C18H19F2N5O2. The van der Waals surface area contributed by atoms with Crippen molar-refractivity contribution in [2.75, 3.05) is 6.54 Å². The molecule has 3 rings (SSSR count). The molecular weight excluding hydrogens is 356 g/mol. The maximum absolute atomic E-state index is 13.3. The van der Waals surface area contributed by atoms with Crippen molar-refractivity contribution < 1.29 is 18.0 Å². The van der Waals surface area contributed by atoms with Crippen LogP contribution in [-0.2, 0) is 13.5 Å². The second-order valence-electron chi connectivity index (χ2n) is 6.21. The molecule has 0 unspecified atom stereocenters. The summed E-state index contributed by atoms with van der Waals surface area (Å²) in [5.41, 5.74) is 7.51. The van der Waals surface area contributed by atoms with Crippen molar-refractivity contribution in [1.29, 1.82) is 0 Å². The molecule has 9 heteroatoms. The van der Waals surface area contributed by atoms with Crippen molar-refractivity contribution in [3.63, 3.8) is 0 Å². The van der Waals surface area contributed by atoms with E-state index in [0.717, 1.165) is 6.07 Å². The lowest BCUT2D eigenvalue weighted by molar-refractivity contribution is 0.0908. The number of nitrogens with zero attached hydrogens (tertiary/aromatic N) is 3. The van der Waals surface area contributed by atoms with Gasteiger partial charge in [0.1, 0.15) is 17.4 Å². The van der Waals surface area contributed by atoms with E-state index >= 15 is 0 Å². The highest BCUT2D eigenvalue weighted by Crippen LogP contribution is 2.25. The summed E-state index contributed by atoms with van der Waals surface area (Å²) in [6, 6.07) is 4.30. The van der Waals surface area contributed by atoms with Crippen molar-refractivity contribution in [2.45, 2.75) is 19.4 Å². The van der Waals surface area contributed by atoms with Crippen molar-refractivity contribution in [3.05, 3.63) is 59.2 Å². The Kier molecular flexibility index (Phi) is 5.31. The highest BCUT2D eigenvalue weighted by Gasteiger charge is 2.20. The van der Waals surface area contributed by atoms with E-state index in [-0.39, 0.29) is 18.7 Å². The molecule has 0 bridgehead atoms. The molecule has 1 atom stereocenters. The predicted molar refractivity (Wildman–Crippen MR) is 93.8 cm³/mol. The number of carbonyl (C=O) groups excluding carboxylic acids is 1. The van der Waals surface area contributed by atoms with E-state index in [2.05, 4.69) is 15.6 Å². The molecule has 0 saturated carbocycles. The summed E-state index contributed by atoms with van der Waals surface area (Å²) in [5.74, 6) is -1.17. The van der Waals surface area contributed by atoms with Gasteiger partial charge in [-0.2, -0.15) is 0 Å². The third-order valence-corrected chi connectivity index (χ3v) is 4.16. The normalized spacial score (nSPS) is 12.2. The first-order valence-electron chi connectivity index (χ1n) is 8.28. The van der Waals surface area contributed by atoms with Crippen LogP contribution in [0.25, 0.3) is 11.3 Å². The molecule has 7 nitrogen and oxygen atoms in total. The number of furan rings is 1. The smallest absolute Gasteiger partial charge is 0.287 e. The van der Waals surface area contributed by atoms with Gasteiger partial charge in [0.15, 0.2) is 5.76 Å². The van der Waals surface area contributed by atoms with Gasteiger partial charge in [-0.3, -0.25) is 4.79 Å². The minimum absolute atomic E-state index is 0.0993. The van der Waals surface area contributed by atoms with Gasteiger partial charge < -0.3 is 15.5 Å². The van der Waals surface area contributed by atoms with Crippen LogP contribution in [0.2, 0.25) is 0 Å². The zero-order valence-electron chi connectivity index (χ0n) is 14.9. The van der Waals surface area contributed by atoms with Gasteiger partial charge in [0.25, 0.3) is 5.91 Å². The number of hydrogen-bond donors (Lipinski definition) is 2. The fraction of sp³-hybridized carbons (Fsp3) is 0.278. The second-order valence-corrected chi connectivity index (χ2v) is 6.21. The number of aromatic nitrogens is 3. The number of carbonyl (C=O) groups is 1. The van der Waals surface area contributed by atoms with Gasteiger partial charge in [0.05, 0.1) is 11.9 Å². The maximum Gasteiger partial charge on any atom is 0.287 e. The lowest BCUT2D eigenvalue weighted by Gasteiger charge is -2.16. The first kappa shape index (κ1) is 18.7. The molecule has 27 heavy (non-hydrogen) atoms. The third-order valence-electron chi connectivity index (χ3n) is 4.16. The van der Waals surface area contributed by atoms with E-state index in [1.54, 1.807) is 30.9 Å². The summed E-state index contributed by atoms with van der Waals surface area (Å²) < 4.78 is 33.8. The molecule has 3 N–H and O–H groups in total. The summed E-state index contributed by atoms with van der Waals surface area (Å²) in [4.78, 5) is 12.5. The highest BCUT2D eigenvalue weighted by molar-refractivity contribution is 5.93. The Morgan fingerprint density at radius 1 is 1.30 bits per heavy atom. The Balaban J connectivity index is 1.74. The first-order chi connectivity index (χ1) is 12.9. The van der Waals surface area contributed by atoms with Crippen LogP contribution in [0.4, 0.5) is 8.78 Å². The van der Waals surface area contributed by atoms with E-state index in [1.807, 2.05) is 0 Å². The largest absolute Gasteiger partial charge is 0.455 e. The van der Waals surface area contributed by atoms with Crippen molar-refractivity contribution in [1.82, 2.24) is 20.3 Å². The number of rotatable bonds is 6. The van der Waals surface area contributed by atoms with Crippen molar-refractivity contribution >= 4 is 5.91 Å². The van der Waals surface area contributed by atoms with E-state index in [4.69, 9.17) is 10.2 Å². The topological polar surface area (TPSA) is 99.0 Å². The van der Waals surface area contributed by atoms with E-state index in [9.17, 15) is 13.6 Å². The summed E-state index contributed by atoms with van der Waals surface area (Å²) in [5, 5.41) is 10.4. The monoisotopic (exact) mass is 375 g/mol. The zero-order chi connectivity index (χ0) is 19.6. The van der Waals surface area contributed by atoms with Crippen LogP contribution in [0.3, 0.4) is 0 Å². The van der Waals surface area contributed by atoms with Gasteiger partial charge in [0, 0.05) is 31.3 Å². The average Bonchev–Trinajstić information content (AvgIpc) is 3.18. The Morgan fingerprint density at radius 2 is 2.00 bits per heavy atom. The Labute approximate surface area is 154 Å². The van der Waals surface area contributed by atoms with Gasteiger partial charge in [-0.25, -0.2) is 13.5 Å². The van der Waals surface area contributed by atoms with Crippen LogP contribution in [0.1, 0.15) is 21.9 Å². The molecule has 0 fully saturated rings. The summed E-state index contributed by atoms with van der Waals surface area (Å²) >= 11 is 0. The number of benzene rings is 1. The molecule has 0 aliphatic heterocycles. The van der Waals surface area contributed by atoms with Crippen molar-refractivity contribution in [2.24, 2.45) is 12.8 Å². The summed E-state index contributed by atoms with van der Waals surface area (Å²) in [6.45, 7) is 1.83. The van der Waals surface area contributed by atoms with E-state index < -0.39 is 23.6 Å². The fourth-order valence-electron chi connectivity index (χ4n) is 2.84. The lowest BCUT2D eigenvalue weighted by atomic mass is 10.1. The van der Waals surface area contributed by atoms with Crippen LogP contribution >= 0.6 is 0 Å². The SMILES string of the molecule is Cc1oc(C(=O)N[C@H](CN)Cc2cc(F)cc(F)c2)cc1-c1cnnn1C. The molecule has 2 heterocycles. The Hall–Kier alpha value is -3.07. The Bertz CT molecular complexity index is 946. The van der Waals surface area contributed by atoms with Crippen LogP contribution < -0.4 is 11.1 Å². The molecule has 3 aromatic rings. The molecule has 1 amide bonds. The number of amides is 1. The fourth-order valence-corrected chi connectivity index (χ4v) is 2.84. The van der Waals surface area contributed by atoms with E-state index in [1.165, 1.54) is 12.1 Å². The van der Waals surface area contributed by atoms with Gasteiger partial charge >= 0.3 is 0 Å². The third kappa shape index (κ3) is 4.20. The second kappa shape index (κ2) is 7.67. The molecule has 0 aliphatic rings. The number of aryl methyl sites for hydroxylation is 2. The van der Waals surface area contributed by atoms with E-state index in [0.29, 0.717) is 22.6 Å². The highest BCUT2D eigenvalue weighted by atomic mass is 19.1. The zero-order valence-corrected chi connectivity index (χ0v) is 14.9. The minimum atomic E-state index is -0.678. The van der Waals surface area contributed by atoms with Crippen LogP contribution in [-0.4, -0.2) is 33.5 Å². The molecule has 2 aromatic heterocycles. The standard InChI is InChI=1S/C18H19F2N5O2/c1-10-15(16-9-22-24-25(16)2)7-17(27-10)18(26)23-14(8-21)5-11-3-12(19)6-13(20)4-11/h3-4,6-7,9,14H,5,8,21H2,1-2H3,(H,23,26)/t14-/m0/s1. The Morgan fingerprint density at radius 3 is 2.59 bits per heavy atom. The van der Waals surface area contributed by atoms with Crippen LogP contribution in [0.15, 0.2) is 34.9 Å². The molecule has 1 aromatic carbocycles. The van der Waals surface area contributed by atoms with Gasteiger partial charge in [0.2, 0.25) is 0 Å². The quantitative estimate of drug-likeness (QED) is 0.686.